The van der Waals surface area contributed by atoms with E-state index >= 15 is 0 Å². The summed E-state index contributed by atoms with van der Waals surface area (Å²) in [5.41, 5.74) is 3.89. The molecule has 75 heavy (non-hydrogen) atoms. The van der Waals surface area contributed by atoms with Crippen molar-refractivity contribution in [1.29, 1.82) is 5.26 Å². The first-order chi connectivity index (χ1) is 35.2. The second-order valence-electron chi connectivity index (χ2n) is 26.6. The van der Waals surface area contributed by atoms with Gasteiger partial charge in [0.1, 0.15) is 0 Å². The topological polar surface area (TPSA) is 91.7 Å². The van der Waals surface area contributed by atoms with E-state index in [4.69, 9.17) is 5.26 Å². The smallest absolute Gasteiger partial charge is 0.222 e. The van der Waals surface area contributed by atoms with Gasteiger partial charge in [0, 0.05) is 164 Å². The maximum absolute atomic E-state index is 11.6. The van der Waals surface area contributed by atoms with E-state index in [1.165, 1.54) is 122 Å². The predicted octanol–water partition coefficient (Wildman–Crippen LogP) is 10.0. The number of carbonyl (C=O) groups is 1. The van der Waals surface area contributed by atoms with Gasteiger partial charge in [-0.25, -0.2) is 0 Å². The summed E-state index contributed by atoms with van der Waals surface area (Å²) in [6.07, 6.45) is 16.5. The van der Waals surface area contributed by atoms with Crippen LogP contribution in [-0.2, 0) is 17.6 Å². The van der Waals surface area contributed by atoms with E-state index in [1.807, 2.05) is 26.4 Å². The SMILES string of the molecule is CC(C)(C)N1CCC(NCCC#N)CC1.CN(C)C(=O)CCCN(C)C1CCN(C(C)(C)C)CC1.CN(CCc1ccccc1)C1CCN(C(C)(C)C)CC1.CN(CCc1ccccn1)C1CCN(C(C)(C)C)CC1. The van der Waals surface area contributed by atoms with Gasteiger partial charge < -0.3 is 24.9 Å². The molecule has 0 bridgehead atoms. The Morgan fingerprint density at radius 3 is 1.32 bits per heavy atom. The van der Waals surface area contributed by atoms with Gasteiger partial charge in [-0.1, -0.05) is 36.4 Å². The fourth-order valence-electron chi connectivity index (χ4n) is 11.1. The molecule has 2 aromatic rings. The van der Waals surface area contributed by atoms with Gasteiger partial charge in [-0.2, -0.15) is 5.26 Å². The molecule has 0 atom stereocenters. The maximum Gasteiger partial charge on any atom is 0.222 e. The molecule has 6 rings (SSSR count). The second kappa shape index (κ2) is 32.8. The minimum Gasteiger partial charge on any atom is -0.349 e. The highest BCUT2D eigenvalue weighted by molar-refractivity contribution is 5.75. The number of piperidine rings is 4. The predicted molar refractivity (Wildman–Crippen MR) is 320 cm³/mol. The molecule has 0 unspecified atom stereocenters. The van der Waals surface area contributed by atoms with Crippen LogP contribution in [0.3, 0.4) is 0 Å². The third-order valence-electron chi connectivity index (χ3n) is 16.7. The van der Waals surface area contributed by atoms with Crippen molar-refractivity contribution >= 4 is 5.91 Å². The molecule has 4 saturated heterocycles. The molecule has 12 nitrogen and oxygen atoms in total. The third-order valence-corrected chi connectivity index (χ3v) is 16.7. The molecule has 1 aromatic heterocycles. The van der Waals surface area contributed by atoms with Crippen LogP contribution in [0, 0.1) is 11.3 Å². The van der Waals surface area contributed by atoms with Crippen molar-refractivity contribution in [2.45, 2.75) is 213 Å². The fourth-order valence-corrected chi connectivity index (χ4v) is 11.1. The Bertz CT molecular complexity index is 1750. The van der Waals surface area contributed by atoms with Gasteiger partial charge in [-0.05, 0) is 193 Å². The summed E-state index contributed by atoms with van der Waals surface area (Å²) in [5, 5.41) is 11.9. The van der Waals surface area contributed by atoms with Gasteiger partial charge >= 0.3 is 0 Å². The lowest BCUT2D eigenvalue weighted by atomic mass is 9.97. The van der Waals surface area contributed by atoms with Gasteiger partial charge in [-0.15, -0.1) is 0 Å². The van der Waals surface area contributed by atoms with Crippen LogP contribution in [0.4, 0.5) is 0 Å². The van der Waals surface area contributed by atoms with E-state index in [1.54, 1.807) is 4.90 Å². The number of hydrogen-bond acceptors (Lipinski definition) is 11. The zero-order valence-electron chi connectivity index (χ0n) is 51.6. The zero-order chi connectivity index (χ0) is 55.8. The van der Waals surface area contributed by atoms with Gasteiger partial charge in [0.2, 0.25) is 5.91 Å². The maximum atomic E-state index is 11.6. The normalized spacial score (nSPS) is 18.9. The number of rotatable bonds is 16. The van der Waals surface area contributed by atoms with E-state index in [2.05, 4.69) is 197 Å². The van der Waals surface area contributed by atoms with Crippen LogP contribution in [0.2, 0.25) is 0 Å². The fraction of sp³-hybridized carbons (Fsp3) is 0.794. The Morgan fingerprint density at radius 1 is 0.560 bits per heavy atom. The number of nitrogens with zero attached hydrogens (tertiary/aromatic N) is 10. The zero-order valence-corrected chi connectivity index (χ0v) is 51.6. The number of aromatic nitrogens is 1. The summed E-state index contributed by atoms with van der Waals surface area (Å²) in [5.74, 6) is 0.237. The molecule has 1 amide bonds. The Hall–Kier alpha value is -2.99. The lowest BCUT2D eigenvalue weighted by Crippen LogP contribution is -2.50. The number of benzene rings is 1. The van der Waals surface area contributed by atoms with E-state index in [9.17, 15) is 4.79 Å². The van der Waals surface area contributed by atoms with Gasteiger partial charge in [0.25, 0.3) is 0 Å². The van der Waals surface area contributed by atoms with Crippen molar-refractivity contribution in [3.63, 3.8) is 0 Å². The molecular formula is C63H115N11O. The minimum atomic E-state index is 0.237. The number of nitriles is 1. The first-order valence-corrected chi connectivity index (χ1v) is 29.5. The lowest BCUT2D eigenvalue weighted by Gasteiger charge is -2.43. The highest BCUT2D eigenvalue weighted by Gasteiger charge is 2.31. The minimum absolute atomic E-state index is 0.237. The van der Waals surface area contributed by atoms with E-state index in [0.717, 1.165) is 51.0 Å². The van der Waals surface area contributed by atoms with Crippen LogP contribution in [0.25, 0.3) is 0 Å². The molecule has 4 fully saturated rings. The molecule has 0 aliphatic carbocycles. The first-order valence-electron chi connectivity index (χ1n) is 29.5. The largest absolute Gasteiger partial charge is 0.349 e. The van der Waals surface area contributed by atoms with Gasteiger partial charge in [-0.3, -0.25) is 29.4 Å². The summed E-state index contributed by atoms with van der Waals surface area (Å²) < 4.78 is 0. The Labute approximate surface area is 462 Å². The molecule has 0 radical (unpaired) electrons. The van der Waals surface area contributed by atoms with E-state index in [-0.39, 0.29) is 5.91 Å². The van der Waals surface area contributed by atoms with Crippen molar-refractivity contribution in [1.82, 2.24) is 49.5 Å². The Balaban J connectivity index is 0.000000265. The molecule has 4 aliphatic rings. The van der Waals surface area contributed by atoms with Crippen LogP contribution < -0.4 is 5.32 Å². The van der Waals surface area contributed by atoms with Crippen LogP contribution in [0.15, 0.2) is 54.7 Å². The summed E-state index contributed by atoms with van der Waals surface area (Å²) in [6, 6.07) is 22.0. The Kier molecular flexibility index (Phi) is 29.0. The number of nitrogens with one attached hydrogen (secondary N) is 1. The van der Waals surface area contributed by atoms with Crippen molar-refractivity contribution in [2.75, 3.05) is 114 Å². The monoisotopic (exact) mass is 1040 g/mol. The average molecular weight is 1040 g/mol. The summed E-state index contributed by atoms with van der Waals surface area (Å²) >= 11 is 0. The van der Waals surface area contributed by atoms with Crippen LogP contribution >= 0.6 is 0 Å². The number of pyridine rings is 1. The van der Waals surface area contributed by atoms with Crippen LogP contribution in [-0.4, -0.2) is 210 Å². The first kappa shape index (κ1) is 66.3. The Morgan fingerprint density at radius 2 is 0.947 bits per heavy atom. The number of hydrogen-bond donors (Lipinski definition) is 1. The number of likely N-dealkylation sites (tertiary alicyclic amines) is 4. The van der Waals surface area contributed by atoms with Gasteiger partial charge in [0.05, 0.1) is 6.07 Å². The molecule has 5 heterocycles. The molecule has 1 N–H and O–H groups in total. The van der Waals surface area contributed by atoms with Crippen molar-refractivity contribution in [3.05, 3.63) is 66.0 Å². The summed E-state index contributed by atoms with van der Waals surface area (Å²) in [7, 11) is 10.4. The molecular weight excluding hydrogens is 927 g/mol. The van der Waals surface area contributed by atoms with Crippen molar-refractivity contribution < 1.29 is 4.79 Å². The molecule has 4 aliphatic heterocycles. The van der Waals surface area contributed by atoms with Crippen LogP contribution in [0.1, 0.15) is 165 Å². The lowest BCUT2D eigenvalue weighted by molar-refractivity contribution is -0.128. The van der Waals surface area contributed by atoms with E-state index in [0.29, 0.717) is 47.1 Å². The molecule has 0 saturated carbocycles. The molecule has 1 aromatic carbocycles. The van der Waals surface area contributed by atoms with E-state index < -0.39 is 0 Å². The number of likely N-dealkylation sites (N-methyl/N-ethyl adjacent to an activating group) is 2. The van der Waals surface area contributed by atoms with Gasteiger partial charge in [0.15, 0.2) is 0 Å². The number of carbonyl (C=O) groups excluding carboxylic acids is 1. The highest BCUT2D eigenvalue weighted by atomic mass is 16.2. The molecule has 12 heteroatoms. The highest BCUT2D eigenvalue weighted by Crippen LogP contribution is 2.26. The number of amides is 1. The molecule has 0 spiro atoms. The summed E-state index contributed by atoms with van der Waals surface area (Å²) in [6.45, 7) is 41.4. The third kappa shape index (κ3) is 26.0. The van der Waals surface area contributed by atoms with Crippen molar-refractivity contribution in [2.24, 2.45) is 0 Å². The second-order valence-corrected chi connectivity index (χ2v) is 26.6. The summed E-state index contributed by atoms with van der Waals surface area (Å²) in [4.78, 5) is 35.5. The van der Waals surface area contributed by atoms with Crippen molar-refractivity contribution in [3.8, 4) is 6.07 Å². The standard InChI is InChI=1S/C18H30N2.C17H29N3.C16H33N3O.C12H23N3/c1-18(2,3)20-14-11-17(12-15-20)19(4)13-10-16-8-6-5-7-9-16;1-17(2,3)20-13-9-16(10-14-20)19(4)12-8-15-7-5-6-11-18-15;1-16(2,3)19-12-9-14(10-13-19)18(6)11-7-8-15(20)17(4)5;1-12(2,3)15-9-5-11(6-10-15)14-8-4-7-13/h5-9,17H,10-15H2,1-4H3;5-7,11,16H,8-10,12-14H2,1-4H3;14H,7-13H2,1-6H3;11,14H,4-6,8-10H2,1-3H3. The molecule has 428 valence electrons. The quantitative estimate of drug-likeness (QED) is 0.163. The average Bonchev–Trinajstić information content (AvgIpc) is 3.37. The van der Waals surface area contributed by atoms with Crippen LogP contribution in [0.5, 0.6) is 0 Å².